The van der Waals surface area contributed by atoms with Gasteiger partial charge in [0.25, 0.3) is 0 Å². The van der Waals surface area contributed by atoms with Gasteiger partial charge in [-0.3, -0.25) is 4.98 Å². The van der Waals surface area contributed by atoms with E-state index >= 15 is 0 Å². The van der Waals surface area contributed by atoms with E-state index in [1.54, 1.807) is 12.4 Å². The minimum atomic E-state index is 0.499. The quantitative estimate of drug-likeness (QED) is 0.907. The van der Waals surface area contributed by atoms with Gasteiger partial charge in [-0.1, -0.05) is 22.0 Å². The third-order valence-electron chi connectivity index (χ3n) is 2.16. The molecule has 0 aliphatic carbocycles. The molecule has 0 spiro atoms. The van der Waals surface area contributed by atoms with Crippen LogP contribution in [0, 0.1) is 0 Å². The van der Waals surface area contributed by atoms with Gasteiger partial charge in [-0.2, -0.15) is 0 Å². The predicted molar refractivity (Wildman–Crippen MR) is 74.0 cm³/mol. The van der Waals surface area contributed by atoms with Crippen LogP contribution >= 0.6 is 31.9 Å². The number of halogens is 2. The van der Waals surface area contributed by atoms with Crippen LogP contribution in [0.3, 0.4) is 0 Å². The molecule has 0 amide bonds. The second-order valence-electron chi connectivity index (χ2n) is 3.40. The maximum Gasteiger partial charge on any atom is 0.146 e. The van der Waals surface area contributed by atoms with E-state index in [0.717, 1.165) is 20.3 Å². The number of rotatable bonds is 3. The zero-order chi connectivity index (χ0) is 12.3. The van der Waals surface area contributed by atoms with Crippen LogP contribution in [0.4, 0.5) is 0 Å². The topological polar surface area (TPSA) is 48.1 Å². The number of pyridine rings is 1. The van der Waals surface area contributed by atoms with Crippen molar-refractivity contribution in [3.05, 3.63) is 51.2 Å². The van der Waals surface area contributed by atoms with Crippen molar-refractivity contribution in [3.63, 3.8) is 0 Å². The molecule has 0 aliphatic rings. The van der Waals surface area contributed by atoms with Crippen LogP contribution in [0.5, 0.6) is 11.5 Å². The lowest BCUT2D eigenvalue weighted by atomic mass is 10.2. The number of benzene rings is 1. The van der Waals surface area contributed by atoms with Crippen molar-refractivity contribution < 1.29 is 4.74 Å². The van der Waals surface area contributed by atoms with E-state index in [9.17, 15) is 0 Å². The first-order chi connectivity index (χ1) is 8.19. The predicted octanol–water partition coefficient (Wildman–Crippen LogP) is 3.86. The van der Waals surface area contributed by atoms with Crippen molar-refractivity contribution in [2.45, 2.75) is 6.54 Å². The highest BCUT2D eigenvalue weighted by Gasteiger charge is 2.02. The monoisotopic (exact) mass is 356 g/mol. The molecule has 5 heteroatoms. The van der Waals surface area contributed by atoms with Gasteiger partial charge in [0, 0.05) is 21.7 Å². The minimum Gasteiger partial charge on any atom is -0.456 e. The summed E-state index contributed by atoms with van der Waals surface area (Å²) in [4.78, 5) is 4.03. The first kappa shape index (κ1) is 12.5. The number of nitrogens with two attached hydrogens (primary N) is 1. The third-order valence-corrected chi connectivity index (χ3v) is 3.33. The van der Waals surface area contributed by atoms with Crippen LogP contribution in [0.25, 0.3) is 0 Å². The van der Waals surface area contributed by atoms with Gasteiger partial charge in [0.15, 0.2) is 0 Å². The van der Waals surface area contributed by atoms with Crippen molar-refractivity contribution in [3.8, 4) is 11.5 Å². The smallest absolute Gasteiger partial charge is 0.146 e. The van der Waals surface area contributed by atoms with Gasteiger partial charge in [0.2, 0.25) is 0 Å². The fraction of sp³-hybridized carbons (Fsp3) is 0.0833. The number of nitrogens with zero attached hydrogens (tertiary/aromatic N) is 1. The SMILES string of the molecule is NCc1ccc(Oc2cncc(Br)c2)cc1Br. The summed E-state index contributed by atoms with van der Waals surface area (Å²) in [6.07, 6.45) is 3.37. The molecule has 88 valence electrons. The highest BCUT2D eigenvalue weighted by molar-refractivity contribution is 9.10. The zero-order valence-electron chi connectivity index (χ0n) is 8.86. The molecule has 17 heavy (non-hydrogen) atoms. The van der Waals surface area contributed by atoms with Gasteiger partial charge in [-0.15, -0.1) is 0 Å². The Kier molecular flexibility index (Phi) is 4.15. The van der Waals surface area contributed by atoms with Crippen molar-refractivity contribution in [2.24, 2.45) is 5.73 Å². The summed E-state index contributed by atoms with van der Waals surface area (Å²) in [6.45, 7) is 0.499. The van der Waals surface area contributed by atoms with Gasteiger partial charge < -0.3 is 10.5 Å². The lowest BCUT2D eigenvalue weighted by Crippen LogP contribution is -1.97. The van der Waals surface area contributed by atoms with Crippen molar-refractivity contribution in [1.82, 2.24) is 4.98 Å². The molecule has 2 aromatic rings. The summed E-state index contributed by atoms with van der Waals surface area (Å²) in [5, 5.41) is 0. The Hall–Kier alpha value is -0.910. The van der Waals surface area contributed by atoms with E-state index in [-0.39, 0.29) is 0 Å². The number of hydrogen-bond donors (Lipinski definition) is 1. The molecule has 1 heterocycles. The number of aromatic nitrogens is 1. The second kappa shape index (κ2) is 5.62. The van der Waals surface area contributed by atoms with E-state index in [2.05, 4.69) is 36.8 Å². The molecule has 0 saturated carbocycles. The molecule has 2 N–H and O–H groups in total. The van der Waals surface area contributed by atoms with Crippen LogP contribution in [-0.2, 0) is 6.54 Å². The van der Waals surface area contributed by atoms with Crippen molar-refractivity contribution in [2.75, 3.05) is 0 Å². The Labute approximate surface area is 116 Å². The lowest BCUT2D eigenvalue weighted by Gasteiger charge is -2.07. The first-order valence-electron chi connectivity index (χ1n) is 4.96. The van der Waals surface area contributed by atoms with Crippen molar-refractivity contribution >= 4 is 31.9 Å². The van der Waals surface area contributed by atoms with Crippen LogP contribution < -0.4 is 10.5 Å². The molecule has 0 atom stereocenters. The van der Waals surface area contributed by atoms with Gasteiger partial charge in [0.1, 0.15) is 11.5 Å². The van der Waals surface area contributed by atoms with Crippen LogP contribution in [-0.4, -0.2) is 4.98 Å². The minimum absolute atomic E-state index is 0.499. The molecule has 0 aliphatic heterocycles. The lowest BCUT2D eigenvalue weighted by molar-refractivity contribution is 0.479. The molecule has 2 rings (SSSR count). The summed E-state index contributed by atoms with van der Waals surface area (Å²) in [7, 11) is 0. The third kappa shape index (κ3) is 3.28. The first-order valence-corrected chi connectivity index (χ1v) is 6.54. The Morgan fingerprint density at radius 2 is 1.94 bits per heavy atom. The second-order valence-corrected chi connectivity index (χ2v) is 5.17. The number of hydrogen-bond acceptors (Lipinski definition) is 3. The van der Waals surface area contributed by atoms with Crippen LogP contribution in [0.15, 0.2) is 45.6 Å². The molecule has 1 aromatic carbocycles. The summed E-state index contributed by atoms with van der Waals surface area (Å²) >= 11 is 6.79. The molecule has 1 aromatic heterocycles. The van der Waals surface area contributed by atoms with Crippen LogP contribution in [0.2, 0.25) is 0 Å². The van der Waals surface area contributed by atoms with Gasteiger partial charge in [0.05, 0.1) is 6.20 Å². The van der Waals surface area contributed by atoms with E-state index < -0.39 is 0 Å². The standard InChI is InChI=1S/C12H10Br2N2O/c13-9-3-11(7-16-6-9)17-10-2-1-8(5-15)12(14)4-10/h1-4,6-7H,5,15H2. The fourth-order valence-corrected chi connectivity index (χ4v) is 2.20. The van der Waals surface area contributed by atoms with E-state index in [4.69, 9.17) is 10.5 Å². The summed E-state index contributed by atoms with van der Waals surface area (Å²) < 4.78 is 7.50. The van der Waals surface area contributed by atoms with E-state index in [0.29, 0.717) is 12.3 Å². The Bertz CT molecular complexity index is 532. The Morgan fingerprint density at radius 3 is 2.59 bits per heavy atom. The molecular weight excluding hydrogens is 348 g/mol. The largest absolute Gasteiger partial charge is 0.456 e. The molecule has 0 saturated heterocycles. The molecule has 0 unspecified atom stereocenters. The van der Waals surface area contributed by atoms with E-state index in [1.165, 1.54) is 0 Å². The molecule has 0 fully saturated rings. The average Bonchev–Trinajstić information content (AvgIpc) is 2.29. The van der Waals surface area contributed by atoms with Gasteiger partial charge >= 0.3 is 0 Å². The average molecular weight is 358 g/mol. The Balaban J connectivity index is 2.22. The van der Waals surface area contributed by atoms with E-state index in [1.807, 2.05) is 24.3 Å². The molecular formula is C12H10Br2N2O. The fourth-order valence-electron chi connectivity index (χ4n) is 1.34. The molecule has 0 radical (unpaired) electrons. The highest BCUT2D eigenvalue weighted by Crippen LogP contribution is 2.27. The normalized spacial score (nSPS) is 10.3. The number of ether oxygens (including phenoxy) is 1. The van der Waals surface area contributed by atoms with Gasteiger partial charge in [-0.05, 0) is 39.7 Å². The zero-order valence-corrected chi connectivity index (χ0v) is 12.0. The van der Waals surface area contributed by atoms with Gasteiger partial charge in [-0.25, -0.2) is 0 Å². The van der Waals surface area contributed by atoms with Crippen LogP contribution in [0.1, 0.15) is 5.56 Å². The van der Waals surface area contributed by atoms with Crippen molar-refractivity contribution in [1.29, 1.82) is 0 Å². The maximum atomic E-state index is 5.68. The molecule has 3 nitrogen and oxygen atoms in total. The maximum absolute atomic E-state index is 5.68. The summed E-state index contributed by atoms with van der Waals surface area (Å²) in [6, 6.07) is 7.57. The highest BCUT2D eigenvalue weighted by atomic mass is 79.9. The molecule has 0 bridgehead atoms. The summed E-state index contributed by atoms with van der Waals surface area (Å²) in [5.74, 6) is 1.43. The Morgan fingerprint density at radius 1 is 1.12 bits per heavy atom. The summed E-state index contributed by atoms with van der Waals surface area (Å²) in [5.41, 5.74) is 6.63.